The first-order valence-electron chi connectivity index (χ1n) is 11.2. The summed E-state index contributed by atoms with van der Waals surface area (Å²) in [6.07, 6.45) is 3.04. The number of aryl methyl sites for hydroxylation is 1. The summed E-state index contributed by atoms with van der Waals surface area (Å²) >= 11 is 1.43. The zero-order valence-corrected chi connectivity index (χ0v) is 19.8. The van der Waals surface area contributed by atoms with Gasteiger partial charge in [0.1, 0.15) is 5.75 Å². The van der Waals surface area contributed by atoms with Gasteiger partial charge in [0, 0.05) is 6.54 Å². The maximum Gasteiger partial charge on any atom is 0.262 e. The lowest BCUT2D eigenvalue weighted by molar-refractivity contribution is 0.390. The van der Waals surface area contributed by atoms with Gasteiger partial charge in [-0.1, -0.05) is 60.9 Å². The quantitative estimate of drug-likeness (QED) is 0.225. The van der Waals surface area contributed by atoms with E-state index in [1.807, 2.05) is 52.9 Å². The molecule has 9 nitrogen and oxygen atoms in total. The van der Waals surface area contributed by atoms with Crippen molar-refractivity contribution in [3.63, 3.8) is 0 Å². The van der Waals surface area contributed by atoms with Crippen LogP contribution in [0.5, 0.6) is 5.75 Å². The van der Waals surface area contributed by atoms with Gasteiger partial charge in [-0.3, -0.25) is 13.8 Å². The molecule has 0 amide bonds. The average Bonchev–Trinajstić information content (AvgIpc) is 3.52. The molecule has 0 radical (unpaired) electrons. The van der Waals surface area contributed by atoms with Crippen LogP contribution >= 0.6 is 11.8 Å². The number of thioether (sulfide) groups is 1. The van der Waals surface area contributed by atoms with Crippen molar-refractivity contribution in [2.75, 3.05) is 7.11 Å². The molecule has 0 atom stereocenters. The molecule has 0 spiro atoms. The molecule has 0 aliphatic rings. The Kier molecular flexibility index (Phi) is 6.31. The van der Waals surface area contributed by atoms with Gasteiger partial charge in [-0.2, -0.15) is 4.98 Å². The molecule has 5 rings (SSSR count). The molecule has 0 bridgehead atoms. The molecular weight excluding hydrogens is 452 g/mol. The van der Waals surface area contributed by atoms with E-state index in [0.717, 1.165) is 30.3 Å². The number of unbranched alkanes of at least 4 members (excludes halogenated alkanes) is 2. The Labute approximate surface area is 199 Å². The number of para-hydroxylation sites is 2. The first-order chi connectivity index (χ1) is 16.7. The first kappa shape index (κ1) is 22.1. The summed E-state index contributed by atoms with van der Waals surface area (Å²) in [6.45, 7) is 2.75. The Morgan fingerprint density at radius 1 is 1.06 bits per heavy atom. The number of aromatic nitrogens is 6. The summed E-state index contributed by atoms with van der Waals surface area (Å²) in [7, 11) is 1.61. The Bertz CT molecular complexity index is 1510. The van der Waals surface area contributed by atoms with Gasteiger partial charge >= 0.3 is 0 Å². The number of fused-ring (bicyclic) bond motifs is 3. The number of benzene rings is 2. The number of methoxy groups -OCH3 is 1. The van der Waals surface area contributed by atoms with Crippen molar-refractivity contribution in [1.29, 1.82) is 0 Å². The maximum absolute atomic E-state index is 13.1. The molecule has 174 valence electrons. The lowest BCUT2D eigenvalue weighted by Gasteiger charge is -2.10. The van der Waals surface area contributed by atoms with E-state index in [-0.39, 0.29) is 5.56 Å². The van der Waals surface area contributed by atoms with E-state index in [1.54, 1.807) is 11.7 Å². The van der Waals surface area contributed by atoms with Crippen LogP contribution in [0.1, 0.15) is 32.1 Å². The highest BCUT2D eigenvalue weighted by atomic mass is 32.2. The zero-order chi connectivity index (χ0) is 23.5. The minimum absolute atomic E-state index is 0.0403. The van der Waals surface area contributed by atoms with Crippen LogP contribution in [0, 0.1) is 0 Å². The van der Waals surface area contributed by atoms with Gasteiger partial charge in [0.25, 0.3) is 5.56 Å². The van der Waals surface area contributed by atoms with Gasteiger partial charge < -0.3 is 9.26 Å². The van der Waals surface area contributed by atoms with Gasteiger partial charge in [-0.05, 0) is 30.7 Å². The van der Waals surface area contributed by atoms with Gasteiger partial charge in [0.2, 0.25) is 17.5 Å². The van der Waals surface area contributed by atoms with E-state index in [4.69, 9.17) is 9.26 Å². The second-order valence-corrected chi connectivity index (χ2v) is 8.74. The third-order valence-electron chi connectivity index (χ3n) is 5.60. The number of rotatable bonds is 9. The van der Waals surface area contributed by atoms with Gasteiger partial charge in [-0.25, -0.2) is 0 Å². The summed E-state index contributed by atoms with van der Waals surface area (Å²) in [6, 6.07) is 15.1. The van der Waals surface area contributed by atoms with E-state index in [9.17, 15) is 4.79 Å². The van der Waals surface area contributed by atoms with Crippen LogP contribution in [-0.2, 0) is 12.3 Å². The molecule has 0 saturated carbocycles. The Morgan fingerprint density at radius 3 is 2.74 bits per heavy atom. The van der Waals surface area contributed by atoms with Gasteiger partial charge in [0.15, 0.2) is 5.16 Å². The van der Waals surface area contributed by atoms with Crippen LogP contribution in [0.2, 0.25) is 0 Å². The number of hydrogen-bond donors (Lipinski definition) is 0. The summed E-state index contributed by atoms with van der Waals surface area (Å²) in [5, 5.41) is 14.2. The number of hydrogen-bond acceptors (Lipinski definition) is 8. The van der Waals surface area contributed by atoms with Crippen molar-refractivity contribution >= 4 is 28.4 Å². The highest BCUT2D eigenvalue weighted by Gasteiger charge is 2.18. The molecule has 3 heterocycles. The molecule has 0 fully saturated rings. The molecule has 34 heavy (non-hydrogen) atoms. The molecule has 0 aliphatic heterocycles. The van der Waals surface area contributed by atoms with Crippen molar-refractivity contribution < 1.29 is 9.26 Å². The molecule has 10 heteroatoms. The smallest absolute Gasteiger partial charge is 0.262 e. The monoisotopic (exact) mass is 476 g/mol. The minimum Gasteiger partial charge on any atom is -0.496 e. The van der Waals surface area contributed by atoms with Crippen LogP contribution in [0.25, 0.3) is 28.1 Å². The third-order valence-corrected chi connectivity index (χ3v) is 6.52. The highest BCUT2D eigenvalue weighted by molar-refractivity contribution is 7.98. The molecular formula is C24H24N6O3S. The molecule has 0 saturated heterocycles. The maximum atomic E-state index is 13.1. The summed E-state index contributed by atoms with van der Waals surface area (Å²) in [4.78, 5) is 17.7. The van der Waals surface area contributed by atoms with E-state index in [1.165, 1.54) is 11.8 Å². The van der Waals surface area contributed by atoms with E-state index in [2.05, 4.69) is 27.3 Å². The topological polar surface area (TPSA) is 100 Å². The predicted molar refractivity (Wildman–Crippen MR) is 130 cm³/mol. The van der Waals surface area contributed by atoms with Crippen LogP contribution in [-0.4, -0.2) is 36.4 Å². The highest BCUT2D eigenvalue weighted by Crippen LogP contribution is 2.29. The average molecular weight is 477 g/mol. The van der Waals surface area contributed by atoms with Crippen molar-refractivity contribution in [3.8, 4) is 17.1 Å². The van der Waals surface area contributed by atoms with Crippen molar-refractivity contribution in [1.82, 2.24) is 29.3 Å². The summed E-state index contributed by atoms with van der Waals surface area (Å²) in [5.41, 5.74) is 1.50. The molecule has 3 aromatic heterocycles. The lowest BCUT2D eigenvalue weighted by Crippen LogP contribution is -2.23. The van der Waals surface area contributed by atoms with Crippen molar-refractivity contribution in [2.24, 2.45) is 0 Å². The summed E-state index contributed by atoms with van der Waals surface area (Å²) < 4.78 is 14.5. The van der Waals surface area contributed by atoms with Crippen molar-refractivity contribution in [2.45, 2.75) is 43.6 Å². The third kappa shape index (κ3) is 4.05. The Hall–Kier alpha value is -3.66. The van der Waals surface area contributed by atoms with Gasteiger partial charge in [0.05, 0.1) is 29.3 Å². The lowest BCUT2D eigenvalue weighted by atomic mass is 10.2. The SMILES string of the molecule is CCCCCn1c(=O)c2ccccc2n2c(SCc3nc(-c4ccccc4OC)no3)nnc12. The molecule has 0 unspecified atom stereocenters. The molecule has 0 N–H and O–H groups in total. The molecule has 2 aromatic carbocycles. The van der Waals surface area contributed by atoms with E-state index in [0.29, 0.717) is 46.1 Å². The minimum atomic E-state index is -0.0403. The Morgan fingerprint density at radius 2 is 1.88 bits per heavy atom. The fourth-order valence-electron chi connectivity index (χ4n) is 3.93. The first-order valence-corrected chi connectivity index (χ1v) is 12.1. The van der Waals surface area contributed by atoms with Crippen LogP contribution in [0.4, 0.5) is 0 Å². The normalized spacial score (nSPS) is 11.5. The zero-order valence-electron chi connectivity index (χ0n) is 19.0. The second-order valence-electron chi connectivity index (χ2n) is 7.80. The fourth-order valence-corrected chi connectivity index (χ4v) is 4.70. The fraction of sp³-hybridized carbons (Fsp3) is 0.292. The second kappa shape index (κ2) is 9.68. The van der Waals surface area contributed by atoms with Gasteiger partial charge in [-0.15, -0.1) is 10.2 Å². The van der Waals surface area contributed by atoms with E-state index < -0.39 is 0 Å². The van der Waals surface area contributed by atoms with E-state index >= 15 is 0 Å². The van der Waals surface area contributed by atoms with Crippen molar-refractivity contribution in [3.05, 3.63) is 64.8 Å². The van der Waals surface area contributed by atoms with Crippen LogP contribution < -0.4 is 10.3 Å². The number of ether oxygens (including phenoxy) is 1. The Balaban J connectivity index is 1.47. The van der Waals surface area contributed by atoms with Crippen LogP contribution in [0.15, 0.2) is 63.0 Å². The largest absolute Gasteiger partial charge is 0.496 e. The molecule has 0 aliphatic carbocycles. The summed E-state index contributed by atoms with van der Waals surface area (Å²) in [5.74, 6) is 2.56. The standard InChI is InChI=1S/C24H24N6O3S/c1-3-4-9-14-29-22(31)16-10-5-7-12-18(16)30-23(29)26-27-24(30)34-15-20-25-21(28-33-20)17-11-6-8-13-19(17)32-2/h5-8,10-13H,3-4,9,14-15H2,1-2H3. The molecule has 5 aromatic rings. The predicted octanol–water partition coefficient (Wildman–Crippen LogP) is 4.59. The van der Waals surface area contributed by atoms with Crippen LogP contribution in [0.3, 0.4) is 0 Å². The number of nitrogens with zero attached hydrogens (tertiary/aromatic N) is 6.